The van der Waals surface area contributed by atoms with Gasteiger partial charge in [-0.2, -0.15) is 0 Å². The van der Waals surface area contributed by atoms with E-state index < -0.39 is 0 Å². The predicted octanol–water partition coefficient (Wildman–Crippen LogP) is 3.95. The van der Waals surface area contributed by atoms with E-state index in [0.717, 1.165) is 10.5 Å². The molecule has 0 saturated carbocycles. The van der Waals surface area contributed by atoms with Crippen LogP contribution in [-0.2, 0) is 0 Å². The molecule has 0 aliphatic heterocycles. The standard InChI is InChI=1S/C12H13NS/c1-4-5-10-8(2)6-7-11-12(10)13-9(3)14-11/h4-7H,1-3H3. The fraction of sp³-hybridized carbons (Fsp3) is 0.250. The molecular formula is C12H13NS. The van der Waals surface area contributed by atoms with Crippen LogP contribution in [0.5, 0.6) is 0 Å². The number of hydrogen-bond acceptors (Lipinski definition) is 2. The quantitative estimate of drug-likeness (QED) is 0.684. The van der Waals surface area contributed by atoms with Crippen molar-refractivity contribution in [1.29, 1.82) is 0 Å². The van der Waals surface area contributed by atoms with Crippen molar-refractivity contribution in [3.63, 3.8) is 0 Å². The van der Waals surface area contributed by atoms with Crippen LogP contribution in [0.25, 0.3) is 16.3 Å². The topological polar surface area (TPSA) is 12.9 Å². The normalized spacial score (nSPS) is 11.6. The van der Waals surface area contributed by atoms with Crippen molar-refractivity contribution in [2.24, 2.45) is 0 Å². The van der Waals surface area contributed by atoms with Crippen molar-refractivity contribution in [1.82, 2.24) is 4.98 Å². The molecule has 72 valence electrons. The molecule has 1 aromatic carbocycles. The van der Waals surface area contributed by atoms with Gasteiger partial charge in [0.25, 0.3) is 0 Å². The molecule has 0 spiro atoms. The number of rotatable bonds is 1. The zero-order valence-electron chi connectivity index (χ0n) is 8.66. The summed E-state index contributed by atoms with van der Waals surface area (Å²) < 4.78 is 1.28. The number of allylic oxidation sites excluding steroid dienone is 1. The number of fused-ring (bicyclic) bond motifs is 1. The molecule has 0 bridgehead atoms. The fourth-order valence-corrected chi connectivity index (χ4v) is 2.45. The molecule has 0 atom stereocenters. The van der Waals surface area contributed by atoms with Crippen LogP contribution in [0.15, 0.2) is 18.2 Å². The molecule has 0 amide bonds. The highest BCUT2D eigenvalue weighted by molar-refractivity contribution is 7.18. The Labute approximate surface area is 88.1 Å². The number of nitrogens with zero attached hydrogens (tertiary/aromatic N) is 1. The maximum Gasteiger partial charge on any atom is 0.0908 e. The van der Waals surface area contributed by atoms with Crippen molar-refractivity contribution in [3.8, 4) is 0 Å². The van der Waals surface area contributed by atoms with Crippen LogP contribution in [0, 0.1) is 13.8 Å². The van der Waals surface area contributed by atoms with E-state index in [9.17, 15) is 0 Å². The SMILES string of the molecule is CC=Cc1c(C)ccc2sc(C)nc12. The van der Waals surface area contributed by atoms with Crippen molar-refractivity contribution in [2.45, 2.75) is 20.8 Å². The summed E-state index contributed by atoms with van der Waals surface area (Å²) in [7, 11) is 0. The first kappa shape index (κ1) is 9.41. The summed E-state index contributed by atoms with van der Waals surface area (Å²) in [5, 5.41) is 1.14. The fourth-order valence-electron chi connectivity index (χ4n) is 1.60. The van der Waals surface area contributed by atoms with Gasteiger partial charge in [0.2, 0.25) is 0 Å². The van der Waals surface area contributed by atoms with Crippen LogP contribution in [-0.4, -0.2) is 4.98 Å². The second-order valence-electron chi connectivity index (χ2n) is 3.38. The van der Waals surface area contributed by atoms with Gasteiger partial charge in [0, 0.05) is 5.56 Å². The van der Waals surface area contributed by atoms with Crippen molar-refractivity contribution in [3.05, 3.63) is 34.3 Å². The highest BCUT2D eigenvalue weighted by atomic mass is 32.1. The molecular weight excluding hydrogens is 190 g/mol. The Balaban J connectivity index is 2.81. The Bertz CT molecular complexity index is 494. The monoisotopic (exact) mass is 203 g/mol. The van der Waals surface area contributed by atoms with Crippen molar-refractivity contribution in [2.75, 3.05) is 0 Å². The van der Waals surface area contributed by atoms with Gasteiger partial charge in [-0.05, 0) is 32.4 Å². The van der Waals surface area contributed by atoms with Crippen LogP contribution < -0.4 is 0 Å². The number of benzene rings is 1. The third-order valence-corrected chi connectivity index (χ3v) is 3.19. The van der Waals surface area contributed by atoms with E-state index >= 15 is 0 Å². The molecule has 2 heteroatoms. The van der Waals surface area contributed by atoms with Gasteiger partial charge < -0.3 is 0 Å². The molecule has 0 unspecified atom stereocenters. The van der Waals surface area contributed by atoms with Gasteiger partial charge in [-0.3, -0.25) is 0 Å². The van der Waals surface area contributed by atoms with Crippen molar-refractivity contribution >= 4 is 27.6 Å². The summed E-state index contributed by atoms with van der Waals surface area (Å²) >= 11 is 1.76. The number of aromatic nitrogens is 1. The smallest absolute Gasteiger partial charge is 0.0908 e. The minimum atomic E-state index is 1.14. The van der Waals surface area contributed by atoms with Crippen LogP contribution in [0.1, 0.15) is 23.1 Å². The lowest BCUT2D eigenvalue weighted by Crippen LogP contribution is -1.82. The largest absolute Gasteiger partial charge is 0.241 e. The van der Waals surface area contributed by atoms with E-state index in [1.807, 2.05) is 6.92 Å². The molecule has 0 N–H and O–H groups in total. The number of hydrogen-bond donors (Lipinski definition) is 0. The van der Waals surface area contributed by atoms with Crippen molar-refractivity contribution < 1.29 is 0 Å². The number of thiazole rings is 1. The van der Waals surface area contributed by atoms with E-state index in [0.29, 0.717) is 0 Å². The molecule has 0 aliphatic carbocycles. The first-order valence-corrected chi connectivity index (χ1v) is 5.53. The number of aryl methyl sites for hydroxylation is 2. The molecule has 1 aromatic heterocycles. The minimum Gasteiger partial charge on any atom is -0.241 e. The molecule has 14 heavy (non-hydrogen) atoms. The second-order valence-corrected chi connectivity index (χ2v) is 4.61. The average Bonchev–Trinajstić information content (AvgIpc) is 2.51. The third kappa shape index (κ3) is 1.46. The van der Waals surface area contributed by atoms with Gasteiger partial charge in [0.15, 0.2) is 0 Å². The first-order chi connectivity index (χ1) is 6.72. The zero-order valence-corrected chi connectivity index (χ0v) is 9.48. The highest BCUT2D eigenvalue weighted by Gasteiger charge is 2.05. The lowest BCUT2D eigenvalue weighted by atomic mass is 10.1. The lowest BCUT2D eigenvalue weighted by molar-refractivity contribution is 1.33. The Morgan fingerprint density at radius 2 is 2.07 bits per heavy atom. The molecule has 0 aliphatic rings. The van der Waals surface area contributed by atoms with Gasteiger partial charge in [-0.1, -0.05) is 18.2 Å². The van der Waals surface area contributed by atoms with Gasteiger partial charge in [-0.25, -0.2) is 4.98 Å². The molecule has 0 saturated heterocycles. The average molecular weight is 203 g/mol. The van der Waals surface area contributed by atoms with Crippen LogP contribution >= 0.6 is 11.3 Å². The van der Waals surface area contributed by atoms with Crippen LogP contribution in [0.4, 0.5) is 0 Å². The van der Waals surface area contributed by atoms with Gasteiger partial charge in [0.1, 0.15) is 0 Å². The van der Waals surface area contributed by atoms with Gasteiger partial charge in [-0.15, -0.1) is 11.3 Å². The summed E-state index contributed by atoms with van der Waals surface area (Å²) in [5.41, 5.74) is 3.70. The van der Waals surface area contributed by atoms with E-state index in [-0.39, 0.29) is 0 Å². The molecule has 2 aromatic rings. The summed E-state index contributed by atoms with van der Waals surface area (Å²) in [4.78, 5) is 4.56. The van der Waals surface area contributed by atoms with Gasteiger partial charge >= 0.3 is 0 Å². The third-order valence-electron chi connectivity index (χ3n) is 2.26. The van der Waals surface area contributed by atoms with Crippen LogP contribution in [0.3, 0.4) is 0 Å². The molecule has 2 rings (SSSR count). The molecule has 0 fully saturated rings. The minimum absolute atomic E-state index is 1.14. The Hall–Kier alpha value is -1.15. The Morgan fingerprint density at radius 1 is 1.29 bits per heavy atom. The van der Waals surface area contributed by atoms with E-state index in [4.69, 9.17) is 0 Å². The van der Waals surface area contributed by atoms with Gasteiger partial charge in [0.05, 0.1) is 15.2 Å². The predicted molar refractivity (Wildman–Crippen MR) is 63.8 cm³/mol. The Morgan fingerprint density at radius 3 is 2.79 bits per heavy atom. The summed E-state index contributed by atoms with van der Waals surface area (Å²) in [6, 6.07) is 4.32. The molecule has 0 radical (unpaired) electrons. The maximum absolute atomic E-state index is 4.56. The summed E-state index contributed by atoms with van der Waals surface area (Å²) in [5.74, 6) is 0. The van der Waals surface area contributed by atoms with E-state index in [2.05, 4.69) is 43.1 Å². The Kier molecular flexibility index (Phi) is 2.38. The summed E-state index contributed by atoms with van der Waals surface area (Å²) in [6.07, 6.45) is 4.20. The highest BCUT2D eigenvalue weighted by Crippen LogP contribution is 2.27. The first-order valence-electron chi connectivity index (χ1n) is 4.72. The zero-order chi connectivity index (χ0) is 10.1. The van der Waals surface area contributed by atoms with E-state index in [1.54, 1.807) is 11.3 Å². The maximum atomic E-state index is 4.56. The van der Waals surface area contributed by atoms with E-state index in [1.165, 1.54) is 15.8 Å². The summed E-state index contributed by atoms with van der Waals surface area (Å²) in [6.45, 7) is 6.22. The molecule has 1 heterocycles. The lowest BCUT2D eigenvalue weighted by Gasteiger charge is -2.00. The van der Waals surface area contributed by atoms with Crippen LogP contribution in [0.2, 0.25) is 0 Å². The molecule has 1 nitrogen and oxygen atoms in total. The second kappa shape index (κ2) is 3.54.